The van der Waals surface area contributed by atoms with Crippen LogP contribution in [0.2, 0.25) is 5.02 Å². The topological polar surface area (TPSA) is 3.24 Å². The molecule has 0 atom stereocenters. The number of anilines is 1. The third-order valence-electron chi connectivity index (χ3n) is 4.14. The summed E-state index contributed by atoms with van der Waals surface area (Å²) in [7, 11) is 2.21. The molecule has 2 rings (SSSR count). The van der Waals surface area contributed by atoms with E-state index in [2.05, 4.69) is 40.9 Å². The number of nitrogens with zero attached hydrogens (tertiary/aromatic N) is 1. The van der Waals surface area contributed by atoms with Crippen LogP contribution in [0.5, 0.6) is 0 Å². The predicted molar refractivity (Wildman–Crippen MR) is 83.9 cm³/mol. The Balaban J connectivity index is 2.18. The summed E-state index contributed by atoms with van der Waals surface area (Å²) < 4.78 is 0. The Morgan fingerprint density at radius 3 is 2.56 bits per heavy atom. The molecular formula is C15H21BrClN. The quantitative estimate of drug-likeness (QED) is 0.684. The number of hydrogen-bond acceptors (Lipinski definition) is 1. The maximum atomic E-state index is 6.28. The van der Waals surface area contributed by atoms with Gasteiger partial charge in [-0.25, -0.2) is 0 Å². The number of rotatable bonds is 3. The van der Waals surface area contributed by atoms with E-state index in [9.17, 15) is 0 Å². The lowest BCUT2D eigenvalue weighted by atomic mass is 9.86. The maximum absolute atomic E-state index is 6.28. The Labute approximate surface area is 124 Å². The van der Waals surface area contributed by atoms with Crippen LogP contribution in [0.4, 0.5) is 5.69 Å². The molecule has 0 heterocycles. The zero-order valence-electron chi connectivity index (χ0n) is 11.1. The molecule has 0 radical (unpaired) electrons. The van der Waals surface area contributed by atoms with E-state index >= 15 is 0 Å². The van der Waals surface area contributed by atoms with Gasteiger partial charge in [-0.1, -0.05) is 40.5 Å². The first-order valence-corrected chi connectivity index (χ1v) is 8.19. The minimum absolute atomic E-state index is 0.664. The highest BCUT2D eigenvalue weighted by molar-refractivity contribution is 9.08. The Morgan fingerprint density at radius 2 is 1.94 bits per heavy atom. The molecule has 0 aliphatic heterocycles. The Hall–Kier alpha value is -0.210. The Kier molecular flexibility index (Phi) is 4.97. The zero-order valence-corrected chi connectivity index (χ0v) is 13.5. The lowest BCUT2D eigenvalue weighted by Gasteiger charge is -2.36. The summed E-state index contributed by atoms with van der Waals surface area (Å²) in [6.45, 7) is 2.36. The first-order valence-electron chi connectivity index (χ1n) is 6.69. The van der Waals surface area contributed by atoms with E-state index < -0.39 is 0 Å². The third kappa shape index (κ3) is 3.03. The summed E-state index contributed by atoms with van der Waals surface area (Å²) in [4.78, 5) is 2.42. The molecule has 1 fully saturated rings. The molecule has 0 amide bonds. The Morgan fingerprint density at radius 1 is 1.28 bits per heavy atom. The second-order valence-corrected chi connectivity index (χ2v) is 6.36. The van der Waals surface area contributed by atoms with Crippen LogP contribution in [0, 0.1) is 5.92 Å². The van der Waals surface area contributed by atoms with Gasteiger partial charge in [0.2, 0.25) is 0 Å². The van der Waals surface area contributed by atoms with Gasteiger partial charge in [0, 0.05) is 34.7 Å². The van der Waals surface area contributed by atoms with Crippen molar-refractivity contribution in [2.75, 3.05) is 11.9 Å². The van der Waals surface area contributed by atoms with Crippen LogP contribution in [-0.4, -0.2) is 13.1 Å². The van der Waals surface area contributed by atoms with Gasteiger partial charge in [0.05, 0.1) is 0 Å². The van der Waals surface area contributed by atoms with Gasteiger partial charge in [-0.3, -0.25) is 0 Å². The SMILES string of the molecule is CC1CCC(N(C)c2cccc(Cl)c2CBr)CC1. The fraction of sp³-hybridized carbons (Fsp3) is 0.600. The van der Waals surface area contributed by atoms with Crippen molar-refractivity contribution in [3.63, 3.8) is 0 Å². The average Bonchev–Trinajstić information content (AvgIpc) is 2.38. The van der Waals surface area contributed by atoms with E-state index in [1.54, 1.807) is 0 Å². The molecule has 0 spiro atoms. The number of alkyl halides is 1. The maximum Gasteiger partial charge on any atom is 0.0467 e. The van der Waals surface area contributed by atoms with Crippen molar-refractivity contribution in [3.05, 3.63) is 28.8 Å². The molecule has 0 unspecified atom stereocenters. The molecule has 1 aliphatic rings. The van der Waals surface area contributed by atoms with E-state index in [1.807, 2.05) is 12.1 Å². The summed E-state index contributed by atoms with van der Waals surface area (Å²) in [5.74, 6) is 0.893. The lowest BCUT2D eigenvalue weighted by molar-refractivity contribution is 0.340. The summed E-state index contributed by atoms with van der Waals surface area (Å²) in [6.07, 6.45) is 5.29. The molecule has 3 heteroatoms. The van der Waals surface area contributed by atoms with Crippen molar-refractivity contribution < 1.29 is 0 Å². The second-order valence-electron chi connectivity index (χ2n) is 5.40. The summed E-state index contributed by atoms with van der Waals surface area (Å²) in [5, 5.41) is 1.68. The summed E-state index contributed by atoms with van der Waals surface area (Å²) in [6, 6.07) is 6.86. The van der Waals surface area contributed by atoms with Crippen LogP contribution < -0.4 is 4.90 Å². The van der Waals surface area contributed by atoms with Gasteiger partial charge in [0.25, 0.3) is 0 Å². The van der Waals surface area contributed by atoms with Gasteiger partial charge in [0.1, 0.15) is 0 Å². The van der Waals surface area contributed by atoms with Gasteiger partial charge >= 0.3 is 0 Å². The van der Waals surface area contributed by atoms with Gasteiger partial charge in [-0.2, -0.15) is 0 Å². The predicted octanol–water partition coefficient (Wildman–Crippen LogP) is 5.25. The van der Waals surface area contributed by atoms with Crippen molar-refractivity contribution in [3.8, 4) is 0 Å². The van der Waals surface area contributed by atoms with Crippen molar-refractivity contribution in [1.29, 1.82) is 0 Å². The number of halogens is 2. The summed E-state index contributed by atoms with van der Waals surface area (Å²) >= 11 is 9.83. The van der Waals surface area contributed by atoms with Crippen LogP contribution in [-0.2, 0) is 5.33 Å². The van der Waals surface area contributed by atoms with E-state index in [1.165, 1.54) is 36.9 Å². The highest BCUT2D eigenvalue weighted by Gasteiger charge is 2.23. The summed E-state index contributed by atoms with van der Waals surface area (Å²) in [5.41, 5.74) is 2.49. The van der Waals surface area contributed by atoms with E-state index in [0.29, 0.717) is 6.04 Å². The normalized spacial score (nSPS) is 24.0. The average molecular weight is 331 g/mol. The van der Waals surface area contributed by atoms with Crippen LogP contribution in [0.15, 0.2) is 18.2 Å². The molecule has 1 aromatic rings. The Bertz CT molecular complexity index is 399. The molecule has 0 aromatic heterocycles. The molecule has 18 heavy (non-hydrogen) atoms. The van der Waals surface area contributed by atoms with Crippen LogP contribution in [0.25, 0.3) is 0 Å². The molecule has 100 valence electrons. The minimum Gasteiger partial charge on any atom is -0.371 e. The highest BCUT2D eigenvalue weighted by atomic mass is 79.9. The molecule has 0 N–H and O–H groups in total. The molecule has 0 bridgehead atoms. The fourth-order valence-electron chi connectivity index (χ4n) is 2.84. The minimum atomic E-state index is 0.664. The van der Waals surface area contributed by atoms with E-state index in [-0.39, 0.29) is 0 Å². The third-order valence-corrected chi connectivity index (χ3v) is 5.06. The zero-order chi connectivity index (χ0) is 13.1. The molecule has 1 aliphatic carbocycles. The van der Waals surface area contributed by atoms with Crippen LogP contribution in [0.1, 0.15) is 38.2 Å². The largest absolute Gasteiger partial charge is 0.371 e. The number of hydrogen-bond donors (Lipinski definition) is 0. The standard InChI is InChI=1S/C15H21BrClN/c1-11-6-8-12(9-7-11)18(2)15-5-3-4-14(17)13(15)10-16/h3-5,11-12H,6-10H2,1-2H3. The molecular weight excluding hydrogens is 310 g/mol. The van der Waals surface area contributed by atoms with Crippen molar-refractivity contribution in [1.82, 2.24) is 0 Å². The van der Waals surface area contributed by atoms with Crippen molar-refractivity contribution in [2.45, 2.75) is 44.0 Å². The first kappa shape index (κ1) is 14.2. The van der Waals surface area contributed by atoms with Gasteiger partial charge in [0.15, 0.2) is 0 Å². The molecule has 1 nitrogen and oxygen atoms in total. The highest BCUT2D eigenvalue weighted by Crippen LogP contribution is 2.34. The number of benzene rings is 1. The smallest absolute Gasteiger partial charge is 0.0467 e. The monoisotopic (exact) mass is 329 g/mol. The van der Waals surface area contributed by atoms with Gasteiger partial charge in [-0.05, 0) is 43.7 Å². The molecule has 0 saturated heterocycles. The van der Waals surface area contributed by atoms with E-state index in [0.717, 1.165) is 16.3 Å². The first-order chi connectivity index (χ1) is 8.63. The fourth-order valence-corrected chi connectivity index (χ4v) is 3.82. The molecule has 1 saturated carbocycles. The van der Waals surface area contributed by atoms with Crippen LogP contribution >= 0.6 is 27.5 Å². The van der Waals surface area contributed by atoms with Crippen molar-refractivity contribution in [2.24, 2.45) is 5.92 Å². The van der Waals surface area contributed by atoms with Crippen LogP contribution in [0.3, 0.4) is 0 Å². The van der Waals surface area contributed by atoms with Gasteiger partial charge < -0.3 is 4.90 Å². The lowest BCUT2D eigenvalue weighted by Crippen LogP contribution is -2.35. The van der Waals surface area contributed by atoms with Gasteiger partial charge in [-0.15, -0.1) is 0 Å². The second kappa shape index (κ2) is 6.29. The van der Waals surface area contributed by atoms with Crippen molar-refractivity contribution >= 4 is 33.2 Å². The van der Waals surface area contributed by atoms with E-state index in [4.69, 9.17) is 11.6 Å². The molecule has 1 aromatic carbocycles.